The molecule has 1 aliphatic rings. The average Bonchev–Trinajstić information content (AvgIpc) is 3.19. The SMILES string of the molecule is CCOC(=O)C(CC)Cc1[nH]c(=S)n2c1C[C@H](c1c(F)c(F)cc(F)c1F)C2. The highest BCUT2D eigenvalue weighted by molar-refractivity contribution is 7.71. The first-order valence-electron chi connectivity index (χ1n) is 9.08. The Morgan fingerprint density at radius 3 is 2.50 bits per heavy atom. The van der Waals surface area contributed by atoms with Crippen molar-refractivity contribution in [3.63, 3.8) is 0 Å². The van der Waals surface area contributed by atoms with Crippen LogP contribution in [0.15, 0.2) is 6.07 Å². The maximum Gasteiger partial charge on any atom is 0.309 e. The van der Waals surface area contributed by atoms with Crippen molar-refractivity contribution in [1.82, 2.24) is 9.55 Å². The summed E-state index contributed by atoms with van der Waals surface area (Å²) in [5.74, 6) is -7.14. The van der Waals surface area contributed by atoms with Gasteiger partial charge in [-0.3, -0.25) is 4.79 Å². The minimum Gasteiger partial charge on any atom is -0.466 e. The summed E-state index contributed by atoms with van der Waals surface area (Å²) in [6, 6.07) is 0.201. The van der Waals surface area contributed by atoms with Crippen LogP contribution in [0, 0.1) is 34.0 Å². The van der Waals surface area contributed by atoms with E-state index < -0.39 is 40.7 Å². The van der Waals surface area contributed by atoms with Crippen LogP contribution in [0.25, 0.3) is 0 Å². The number of aromatic amines is 1. The molecule has 1 aliphatic heterocycles. The molecule has 0 saturated heterocycles. The summed E-state index contributed by atoms with van der Waals surface area (Å²) in [7, 11) is 0. The number of fused-ring (bicyclic) bond motifs is 1. The van der Waals surface area contributed by atoms with Gasteiger partial charge >= 0.3 is 5.97 Å². The van der Waals surface area contributed by atoms with Crippen LogP contribution in [0.5, 0.6) is 0 Å². The molecule has 1 aromatic heterocycles. The molecule has 0 spiro atoms. The molecule has 0 fully saturated rings. The molecule has 152 valence electrons. The summed E-state index contributed by atoms with van der Waals surface area (Å²) in [5, 5.41) is 0. The second-order valence-corrected chi connectivity index (χ2v) is 7.20. The van der Waals surface area contributed by atoms with Gasteiger partial charge in [0.25, 0.3) is 0 Å². The predicted molar refractivity (Wildman–Crippen MR) is 96.5 cm³/mol. The molecule has 3 rings (SSSR count). The largest absolute Gasteiger partial charge is 0.466 e. The highest BCUT2D eigenvalue weighted by Crippen LogP contribution is 2.36. The zero-order chi connectivity index (χ0) is 20.6. The van der Waals surface area contributed by atoms with E-state index >= 15 is 0 Å². The number of hydrogen-bond donors (Lipinski definition) is 1. The maximum absolute atomic E-state index is 14.2. The van der Waals surface area contributed by atoms with Crippen LogP contribution >= 0.6 is 12.2 Å². The Morgan fingerprint density at radius 1 is 1.29 bits per heavy atom. The van der Waals surface area contributed by atoms with Gasteiger partial charge in [-0.25, -0.2) is 17.6 Å². The number of carbonyl (C=O) groups is 1. The number of halogens is 4. The molecule has 1 unspecified atom stereocenters. The molecular weight excluding hydrogens is 396 g/mol. The van der Waals surface area contributed by atoms with Crippen molar-refractivity contribution in [2.75, 3.05) is 6.61 Å². The number of H-pyrrole nitrogens is 1. The monoisotopic (exact) mass is 416 g/mol. The number of benzene rings is 1. The molecule has 28 heavy (non-hydrogen) atoms. The van der Waals surface area contributed by atoms with Gasteiger partial charge in [0.1, 0.15) is 0 Å². The van der Waals surface area contributed by atoms with E-state index in [9.17, 15) is 22.4 Å². The van der Waals surface area contributed by atoms with Crippen molar-refractivity contribution in [3.8, 4) is 0 Å². The van der Waals surface area contributed by atoms with Gasteiger partial charge in [-0.15, -0.1) is 0 Å². The first-order valence-corrected chi connectivity index (χ1v) is 9.49. The Morgan fingerprint density at radius 2 is 1.93 bits per heavy atom. The Hall–Kier alpha value is -2.16. The molecule has 0 bridgehead atoms. The minimum atomic E-state index is -1.43. The van der Waals surface area contributed by atoms with Crippen LogP contribution in [-0.2, 0) is 28.9 Å². The Balaban J connectivity index is 1.92. The second kappa shape index (κ2) is 8.06. The summed E-state index contributed by atoms with van der Waals surface area (Å²) < 4.78 is 62.7. The highest BCUT2D eigenvalue weighted by atomic mass is 32.1. The van der Waals surface area contributed by atoms with E-state index in [2.05, 4.69) is 4.98 Å². The van der Waals surface area contributed by atoms with Crippen LogP contribution in [-0.4, -0.2) is 22.1 Å². The lowest BCUT2D eigenvalue weighted by molar-refractivity contribution is -0.148. The fourth-order valence-electron chi connectivity index (χ4n) is 3.71. The van der Waals surface area contributed by atoms with Gasteiger partial charge in [0.05, 0.1) is 12.5 Å². The molecule has 9 heteroatoms. The van der Waals surface area contributed by atoms with Crippen LogP contribution in [0.4, 0.5) is 17.6 Å². The summed E-state index contributed by atoms with van der Waals surface area (Å²) in [6.45, 7) is 3.94. The smallest absolute Gasteiger partial charge is 0.309 e. The summed E-state index contributed by atoms with van der Waals surface area (Å²) in [5.41, 5.74) is 0.741. The molecule has 0 radical (unpaired) electrons. The zero-order valence-corrected chi connectivity index (χ0v) is 16.3. The van der Waals surface area contributed by atoms with Crippen molar-refractivity contribution in [3.05, 3.63) is 51.1 Å². The first kappa shape index (κ1) is 20.6. The standard InChI is InChI=1S/C19H20F4N2O2S/c1-3-9(18(26)27-4-2)5-13-14-6-10(8-25(14)19(28)24-13)15-16(22)11(20)7-12(21)17(15)23/h7,9-10H,3-6,8H2,1-2H3,(H,24,28)/t9?,10-/m0/s1. The zero-order valence-electron chi connectivity index (χ0n) is 15.5. The number of imidazole rings is 1. The number of hydrogen-bond acceptors (Lipinski definition) is 3. The predicted octanol–water partition coefficient (Wildman–Crippen LogP) is 4.57. The molecule has 4 nitrogen and oxygen atoms in total. The molecule has 2 atom stereocenters. The Labute approximate surface area is 164 Å². The van der Waals surface area contributed by atoms with Gasteiger partial charge in [-0.2, -0.15) is 0 Å². The number of nitrogens with one attached hydrogen (secondary N) is 1. The molecule has 1 aromatic carbocycles. The van der Waals surface area contributed by atoms with Crippen LogP contribution in [0.1, 0.15) is 43.1 Å². The van der Waals surface area contributed by atoms with Crippen molar-refractivity contribution < 1.29 is 27.1 Å². The Kier molecular flexibility index (Phi) is 5.92. The van der Waals surface area contributed by atoms with E-state index in [1.165, 1.54) is 0 Å². The van der Waals surface area contributed by atoms with Crippen molar-refractivity contribution in [2.45, 2.75) is 45.6 Å². The summed E-state index contributed by atoms with van der Waals surface area (Å²) >= 11 is 5.28. The third-order valence-corrected chi connectivity index (χ3v) is 5.46. The normalized spacial score (nSPS) is 16.9. The van der Waals surface area contributed by atoms with Gasteiger partial charge in [0.2, 0.25) is 0 Å². The fourth-order valence-corrected chi connectivity index (χ4v) is 4.02. The van der Waals surface area contributed by atoms with E-state index in [1.807, 2.05) is 6.92 Å². The third kappa shape index (κ3) is 3.59. The van der Waals surface area contributed by atoms with Crippen LogP contribution < -0.4 is 0 Å². The van der Waals surface area contributed by atoms with Crippen LogP contribution in [0.2, 0.25) is 0 Å². The molecule has 2 heterocycles. The van der Waals surface area contributed by atoms with Gasteiger partial charge < -0.3 is 14.3 Å². The lowest BCUT2D eigenvalue weighted by Crippen LogP contribution is -2.20. The van der Waals surface area contributed by atoms with E-state index in [4.69, 9.17) is 17.0 Å². The highest BCUT2D eigenvalue weighted by Gasteiger charge is 2.34. The molecular formula is C19H20F4N2O2S. The van der Waals surface area contributed by atoms with E-state index in [-0.39, 0.29) is 31.6 Å². The lowest BCUT2D eigenvalue weighted by atomic mass is 9.93. The van der Waals surface area contributed by atoms with E-state index in [1.54, 1.807) is 11.5 Å². The molecule has 2 aromatic rings. The summed E-state index contributed by atoms with van der Waals surface area (Å²) in [4.78, 5) is 15.1. The summed E-state index contributed by atoms with van der Waals surface area (Å²) in [6.07, 6.45) is 1.03. The van der Waals surface area contributed by atoms with Crippen molar-refractivity contribution >= 4 is 18.2 Å². The number of aromatic nitrogens is 2. The van der Waals surface area contributed by atoms with Gasteiger partial charge in [-0.05, 0) is 32.0 Å². The average molecular weight is 416 g/mol. The molecule has 0 amide bonds. The fraction of sp³-hybridized carbons (Fsp3) is 0.474. The third-order valence-electron chi connectivity index (χ3n) is 5.14. The second-order valence-electron chi connectivity index (χ2n) is 6.81. The maximum atomic E-state index is 14.2. The van der Waals surface area contributed by atoms with E-state index in [0.717, 1.165) is 0 Å². The number of rotatable bonds is 6. The lowest BCUT2D eigenvalue weighted by Gasteiger charge is -2.14. The number of nitrogens with zero attached hydrogens (tertiary/aromatic N) is 1. The quantitative estimate of drug-likeness (QED) is 0.325. The van der Waals surface area contributed by atoms with Crippen molar-refractivity contribution in [2.24, 2.45) is 5.92 Å². The van der Waals surface area contributed by atoms with Gasteiger partial charge in [-0.1, -0.05) is 6.92 Å². The van der Waals surface area contributed by atoms with Crippen LogP contribution in [0.3, 0.4) is 0 Å². The first-order chi connectivity index (χ1) is 13.3. The number of esters is 1. The minimum absolute atomic E-state index is 0.0948. The topological polar surface area (TPSA) is 47.0 Å². The van der Waals surface area contributed by atoms with Gasteiger partial charge in [0, 0.05) is 41.9 Å². The molecule has 0 aliphatic carbocycles. The van der Waals surface area contributed by atoms with Gasteiger partial charge in [0.15, 0.2) is 28.0 Å². The van der Waals surface area contributed by atoms with Crippen molar-refractivity contribution in [1.29, 1.82) is 0 Å². The molecule has 0 saturated carbocycles. The Bertz CT molecular complexity index is 944. The number of ether oxygens (including phenoxy) is 1. The molecule has 1 N–H and O–H groups in total. The number of carbonyl (C=O) groups excluding carboxylic acids is 1. The van der Waals surface area contributed by atoms with E-state index in [0.29, 0.717) is 29.0 Å².